The largest absolute Gasteiger partial charge is 0.464 e. The van der Waals surface area contributed by atoms with Crippen molar-refractivity contribution < 1.29 is 9.53 Å². The molecule has 2 atom stereocenters. The zero-order valence-corrected chi connectivity index (χ0v) is 14.0. The first kappa shape index (κ1) is 16.6. The van der Waals surface area contributed by atoms with Crippen molar-refractivity contribution in [3.63, 3.8) is 0 Å². The molecule has 0 saturated heterocycles. The number of alkyl halides is 1. The predicted molar refractivity (Wildman–Crippen MR) is 88.3 cm³/mol. The number of carbonyl (C=O) groups excluding carboxylic acids is 1. The molecule has 8 heteroatoms. The number of fused-ring (bicyclic) bond motifs is 1. The van der Waals surface area contributed by atoms with Gasteiger partial charge in [-0.25, -0.2) is 28.3 Å². The van der Waals surface area contributed by atoms with Gasteiger partial charge >= 0.3 is 17.3 Å². The maximum absolute atomic E-state index is 12.6. The van der Waals surface area contributed by atoms with Gasteiger partial charge in [-0.1, -0.05) is 30.3 Å². The van der Waals surface area contributed by atoms with Crippen LogP contribution in [0.25, 0.3) is 0 Å². The maximum Gasteiger partial charge on any atom is 0.349 e. The number of rotatable bonds is 4. The molecule has 0 aliphatic carbocycles. The van der Waals surface area contributed by atoms with Crippen molar-refractivity contribution in [1.82, 2.24) is 13.9 Å². The number of hydrogen-bond donors (Lipinski definition) is 0. The van der Waals surface area contributed by atoms with Gasteiger partial charge in [-0.05, 0) is 25.3 Å². The number of aromatic nitrogens is 3. The van der Waals surface area contributed by atoms with E-state index in [0.29, 0.717) is 12.8 Å². The molecule has 3 rings (SSSR count). The first-order chi connectivity index (χ1) is 11.6. The van der Waals surface area contributed by atoms with Crippen molar-refractivity contribution in [3.8, 4) is 0 Å². The Balaban J connectivity index is 2.18. The fraction of sp³-hybridized carbons (Fsp3) is 0.438. The lowest BCUT2D eigenvalue weighted by Crippen LogP contribution is -2.41. The monoisotopic (exact) mass is 351 g/mol. The summed E-state index contributed by atoms with van der Waals surface area (Å²) in [5.41, 5.74) is -0.200. The van der Waals surface area contributed by atoms with E-state index in [9.17, 15) is 14.4 Å². The van der Waals surface area contributed by atoms with Gasteiger partial charge in [-0.2, -0.15) is 0 Å². The van der Waals surface area contributed by atoms with Crippen LogP contribution in [0.1, 0.15) is 37.4 Å². The highest BCUT2D eigenvalue weighted by Crippen LogP contribution is 2.31. The van der Waals surface area contributed by atoms with Crippen molar-refractivity contribution in [2.75, 3.05) is 6.61 Å². The molecule has 0 N–H and O–H groups in total. The molecule has 24 heavy (non-hydrogen) atoms. The van der Waals surface area contributed by atoms with E-state index in [4.69, 9.17) is 16.3 Å². The summed E-state index contributed by atoms with van der Waals surface area (Å²) in [5.74, 6) is -0.508. The first-order valence-corrected chi connectivity index (χ1v) is 8.35. The number of carbonyl (C=O) groups is 1. The van der Waals surface area contributed by atoms with Gasteiger partial charge in [0, 0.05) is 0 Å². The Morgan fingerprint density at radius 2 is 1.83 bits per heavy atom. The summed E-state index contributed by atoms with van der Waals surface area (Å²) in [5, 5.41) is 0. The zero-order chi connectivity index (χ0) is 17.3. The summed E-state index contributed by atoms with van der Waals surface area (Å²) in [6.45, 7) is 1.92. The number of benzene rings is 1. The van der Waals surface area contributed by atoms with E-state index in [1.807, 2.05) is 30.3 Å². The fourth-order valence-electron chi connectivity index (χ4n) is 3.18. The summed E-state index contributed by atoms with van der Waals surface area (Å²) >= 11 is 5.76. The van der Waals surface area contributed by atoms with Crippen LogP contribution in [0, 0.1) is 0 Å². The summed E-state index contributed by atoms with van der Waals surface area (Å²) in [6.07, 6.45) is 0.975. The van der Waals surface area contributed by atoms with Gasteiger partial charge in [0.05, 0.1) is 12.6 Å². The molecule has 128 valence electrons. The van der Waals surface area contributed by atoms with E-state index in [1.54, 1.807) is 6.92 Å². The Labute approximate surface area is 143 Å². The Bertz CT molecular complexity index is 852. The number of halogens is 1. The van der Waals surface area contributed by atoms with Crippen LogP contribution in [0.2, 0.25) is 0 Å². The first-order valence-electron chi connectivity index (χ1n) is 7.81. The lowest BCUT2D eigenvalue weighted by molar-refractivity contribution is -0.149. The van der Waals surface area contributed by atoms with Crippen LogP contribution in [-0.4, -0.2) is 26.5 Å². The molecule has 0 bridgehead atoms. The second-order valence-corrected chi connectivity index (χ2v) is 5.81. The highest BCUT2D eigenvalue weighted by Gasteiger charge is 2.37. The third-order valence-corrected chi connectivity index (χ3v) is 4.49. The minimum Gasteiger partial charge on any atom is -0.464 e. The highest BCUT2D eigenvalue weighted by molar-refractivity contribution is 6.15. The van der Waals surface area contributed by atoms with Crippen LogP contribution in [0.5, 0.6) is 0 Å². The smallest absolute Gasteiger partial charge is 0.349 e. The van der Waals surface area contributed by atoms with Crippen LogP contribution >= 0.6 is 11.6 Å². The van der Waals surface area contributed by atoms with Gasteiger partial charge in [-0.15, -0.1) is 11.6 Å². The molecule has 1 aliphatic heterocycles. The quantitative estimate of drug-likeness (QED) is 0.618. The molecule has 2 aromatic rings. The van der Waals surface area contributed by atoms with Crippen molar-refractivity contribution in [2.45, 2.75) is 37.9 Å². The van der Waals surface area contributed by atoms with Gasteiger partial charge < -0.3 is 4.74 Å². The molecule has 0 amide bonds. The summed E-state index contributed by atoms with van der Waals surface area (Å²) < 4.78 is 8.52. The van der Waals surface area contributed by atoms with Gasteiger partial charge in [0.15, 0.2) is 6.04 Å². The number of hydrogen-bond acceptors (Lipinski definition) is 4. The van der Waals surface area contributed by atoms with Crippen LogP contribution in [0.15, 0.2) is 39.9 Å². The number of esters is 1. The average Bonchev–Trinajstić information content (AvgIpc) is 2.86. The lowest BCUT2D eigenvalue weighted by atomic mass is 9.97. The average molecular weight is 352 g/mol. The molecule has 0 saturated carbocycles. The predicted octanol–water partition coefficient (Wildman–Crippen LogP) is 1.50. The van der Waals surface area contributed by atoms with Crippen LogP contribution < -0.4 is 11.4 Å². The minimum atomic E-state index is -0.811. The van der Waals surface area contributed by atoms with Gasteiger partial charge in [-0.3, -0.25) is 0 Å². The van der Waals surface area contributed by atoms with E-state index < -0.39 is 23.4 Å². The van der Waals surface area contributed by atoms with E-state index in [-0.39, 0.29) is 18.7 Å². The minimum absolute atomic E-state index is 0.215. The normalized spacial score (nSPS) is 19.8. The second-order valence-electron chi connectivity index (χ2n) is 5.57. The van der Waals surface area contributed by atoms with Crippen molar-refractivity contribution in [1.29, 1.82) is 0 Å². The van der Waals surface area contributed by atoms with Crippen molar-refractivity contribution >= 4 is 17.6 Å². The van der Waals surface area contributed by atoms with E-state index in [1.165, 1.54) is 9.36 Å². The van der Waals surface area contributed by atoms with E-state index in [0.717, 1.165) is 10.1 Å². The lowest BCUT2D eigenvalue weighted by Gasteiger charge is -2.30. The molecule has 0 fully saturated rings. The van der Waals surface area contributed by atoms with Crippen molar-refractivity contribution in [3.05, 3.63) is 56.9 Å². The third-order valence-electron chi connectivity index (χ3n) is 4.25. The van der Waals surface area contributed by atoms with Crippen LogP contribution in [0.4, 0.5) is 0 Å². The third kappa shape index (κ3) is 2.58. The zero-order valence-electron chi connectivity index (χ0n) is 13.2. The molecule has 1 aliphatic rings. The maximum atomic E-state index is 12.6. The number of nitrogens with zero attached hydrogens (tertiary/aromatic N) is 3. The molecular formula is C16H18ClN3O4. The number of ether oxygens (including phenoxy) is 1. The fourth-order valence-corrected chi connectivity index (χ4v) is 3.39. The Hall–Kier alpha value is -2.28. The Morgan fingerprint density at radius 3 is 2.46 bits per heavy atom. The summed E-state index contributed by atoms with van der Waals surface area (Å²) in [6, 6.07) is 8.03. The topological polar surface area (TPSA) is 75.2 Å². The van der Waals surface area contributed by atoms with Crippen LogP contribution in [0.3, 0.4) is 0 Å². The molecule has 0 radical (unpaired) electrons. The SMILES string of the molecule is CCOC(=O)C1CCC(c2ccccc2)n2c(=O)n(CCl)c(=O)n21. The molecule has 1 aromatic heterocycles. The summed E-state index contributed by atoms with van der Waals surface area (Å²) in [7, 11) is 0. The molecule has 2 unspecified atom stereocenters. The molecular weight excluding hydrogens is 334 g/mol. The molecule has 2 heterocycles. The van der Waals surface area contributed by atoms with Gasteiger partial charge in [0.1, 0.15) is 6.00 Å². The van der Waals surface area contributed by atoms with E-state index in [2.05, 4.69) is 0 Å². The van der Waals surface area contributed by atoms with Gasteiger partial charge in [0.2, 0.25) is 0 Å². The Morgan fingerprint density at radius 1 is 1.17 bits per heavy atom. The Kier molecular flexibility index (Phi) is 4.62. The molecule has 1 aromatic carbocycles. The van der Waals surface area contributed by atoms with Gasteiger partial charge in [0.25, 0.3) is 0 Å². The molecule has 0 spiro atoms. The standard InChI is InChI=1S/C16H18ClN3O4/c1-2-24-14(21)13-9-8-12(11-6-4-3-5-7-11)19-15(22)18(10-17)16(23)20(13)19/h3-7,12-13H,2,8-10H2,1H3. The van der Waals surface area contributed by atoms with Crippen LogP contribution in [-0.2, 0) is 15.5 Å². The van der Waals surface area contributed by atoms with Crippen molar-refractivity contribution in [2.24, 2.45) is 0 Å². The second kappa shape index (κ2) is 6.68. The molecule has 7 nitrogen and oxygen atoms in total. The summed E-state index contributed by atoms with van der Waals surface area (Å²) in [4.78, 5) is 37.4. The highest BCUT2D eigenvalue weighted by atomic mass is 35.5. The van der Waals surface area contributed by atoms with E-state index >= 15 is 0 Å².